The van der Waals surface area contributed by atoms with E-state index in [0.29, 0.717) is 0 Å². The zero-order valence-electron chi connectivity index (χ0n) is 28.5. The molecule has 0 spiro atoms. The maximum Gasteiger partial charge on any atom is 0.0547 e. The summed E-state index contributed by atoms with van der Waals surface area (Å²) in [5.74, 6) is 0. The highest BCUT2D eigenvalue weighted by molar-refractivity contribution is 6.22. The Balaban J connectivity index is 1.18. The molecule has 0 unspecified atom stereocenters. The third-order valence-corrected chi connectivity index (χ3v) is 10.3. The van der Waals surface area contributed by atoms with Crippen molar-refractivity contribution in [2.45, 2.75) is 0 Å². The fraction of sp³-hybridized carbons (Fsp3) is 0. The minimum Gasteiger partial charge on any atom is -0.310 e. The molecule has 2 nitrogen and oxygen atoms in total. The SMILES string of the molecule is c1ccc(-c2cccc(N(c3ccc(-c4ccc5ccccc5c4)cc3)c3ccc4c(c3)c3c5ccccc5ccc3n4-c3ccccc3)c2)cc1. The van der Waals surface area contributed by atoms with E-state index >= 15 is 0 Å². The van der Waals surface area contributed by atoms with Crippen LogP contribution in [0.4, 0.5) is 17.1 Å². The Hall–Kier alpha value is -6.90. The first-order valence-corrected chi connectivity index (χ1v) is 17.8. The molecule has 0 aliphatic heterocycles. The lowest BCUT2D eigenvalue weighted by atomic mass is 10.0. The van der Waals surface area contributed by atoms with Gasteiger partial charge in [0.1, 0.15) is 0 Å². The molecule has 0 N–H and O–H groups in total. The lowest BCUT2D eigenvalue weighted by Crippen LogP contribution is -2.10. The van der Waals surface area contributed by atoms with Gasteiger partial charge < -0.3 is 9.47 Å². The molecule has 0 atom stereocenters. The second-order valence-electron chi connectivity index (χ2n) is 13.4. The first-order chi connectivity index (χ1) is 25.8. The van der Waals surface area contributed by atoms with E-state index in [1.54, 1.807) is 0 Å². The van der Waals surface area contributed by atoms with Crippen LogP contribution >= 0.6 is 0 Å². The van der Waals surface area contributed by atoms with E-state index in [0.717, 1.165) is 22.7 Å². The number of benzene rings is 9. The van der Waals surface area contributed by atoms with Crippen molar-refractivity contribution in [3.63, 3.8) is 0 Å². The summed E-state index contributed by atoms with van der Waals surface area (Å²) in [6, 6.07) is 74.7. The Labute approximate surface area is 303 Å². The van der Waals surface area contributed by atoms with Crippen LogP contribution in [0.5, 0.6) is 0 Å². The van der Waals surface area contributed by atoms with Gasteiger partial charge in [0.2, 0.25) is 0 Å². The zero-order chi connectivity index (χ0) is 34.4. The van der Waals surface area contributed by atoms with Crippen molar-refractivity contribution in [3.8, 4) is 27.9 Å². The van der Waals surface area contributed by atoms with Crippen molar-refractivity contribution in [2.24, 2.45) is 0 Å². The molecule has 0 aliphatic rings. The lowest BCUT2D eigenvalue weighted by Gasteiger charge is -2.26. The van der Waals surface area contributed by atoms with Crippen LogP contribution in [0.15, 0.2) is 206 Å². The molecule has 0 radical (unpaired) electrons. The Bertz CT molecular complexity index is 2890. The van der Waals surface area contributed by atoms with E-state index < -0.39 is 0 Å². The fourth-order valence-electron chi connectivity index (χ4n) is 7.85. The normalized spacial score (nSPS) is 11.5. The zero-order valence-corrected chi connectivity index (χ0v) is 28.5. The van der Waals surface area contributed by atoms with Crippen molar-refractivity contribution in [1.82, 2.24) is 4.57 Å². The number of hydrogen-bond acceptors (Lipinski definition) is 1. The summed E-state index contributed by atoms with van der Waals surface area (Å²) in [5.41, 5.74) is 11.7. The Morgan fingerprint density at radius 2 is 0.885 bits per heavy atom. The molecule has 244 valence electrons. The second kappa shape index (κ2) is 12.5. The van der Waals surface area contributed by atoms with E-state index in [1.807, 2.05) is 0 Å². The van der Waals surface area contributed by atoms with Crippen molar-refractivity contribution < 1.29 is 0 Å². The summed E-state index contributed by atoms with van der Waals surface area (Å²) in [6.07, 6.45) is 0. The number of rotatable bonds is 6. The molecule has 0 bridgehead atoms. The van der Waals surface area contributed by atoms with Gasteiger partial charge in [0.25, 0.3) is 0 Å². The summed E-state index contributed by atoms with van der Waals surface area (Å²) in [6.45, 7) is 0. The molecule has 0 saturated carbocycles. The van der Waals surface area contributed by atoms with Gasteiger partial charge in [-0.05, 0) is 111 Å². The second-order valence-corrected chi connectivity index (χ2v) is 13.4. The highest BCUT2D eigenvalue weighted by Gasteiger charge is 2.19. The number of nitrogens with zero attached hydrogens (tertiary/aromatic N) is 2. The van der Waals surface area contributed by atoms with Crippen LogP contribution < -0.4 is 4.90 Å². The van der Waals surface area contributed by atoms with Gasteiger partial charge in [-0.15, -0.1) is 0 Å². The molecule has 52 heavy (non-hydrogen) atoms. The van der Waals surface area contributed by atoms with Crippen LogP contribution in [0.25, 0.3) is 71.3 Å². The third-order valence-electron chi connectivity index (χ3n) is 10.3. The number of hydrogen-bond donors (Lipinski definition) is 0. The summed E-state index contributed by atoms with van der Waals surface area (Å²) in [5, 5.41) is 7.50. The molecular weight excluding hydrogens is 629 g/mol. The molecule has 9 aromatic carbocycles. The summed E-state index contributed by atoms with van der Waals surface area (Å²) >= 11 is 0. The molecule has 10 rings (SSSR count). The predicted molar refractivity (Wildman–Crippen MR) is 221 cm³/mol. The van der Waals surface area contributed by atoms with E-state index in [-0.39, 0.29) is 0 Å². The van der Waals surface area contributed by atoms with Crippen LogP contribution in [0.3, 0.4) is 0 Å². The van der Waals surface area contributed by atoms with Gasteiger partial charge in [-0.2, -0.15) is 0 Å². The first kappa shape index (κ1) is 30.0. The summed E-state index contributed by atoms with van der Waals surface area (Å²) in [7, 11) is 0. The van der Waals surface area contributed by atoms with Gasteiger partial charge in [-0.3, -0.25) is 0 Å². The molecule has 1 aromatic heterocycles. The van der Waals surface area contributed by atoms with Gasteiger partial charge >= 0.3 is 0 Å². The molecule has 0 amide bonds. The standard InChI is InChI=1S/C50H34N2/c1-3-12-35(13-4-1)40-17-11-20-44(33-40)51(43-27-24-37(25-28-43)41-23-22-36-14-7-8-16-39(36)32-41)45-29-31-48-47(34-45)50-46-21-10-9-15-38(46)26-30-49(50)52(48)42-18-5-2-6-19-42/h1-34H. The fourth-order valence-corrected chi connectivity index (χ4v) is 7.85. The van der Waals surface area contributed by atoms with E-state index in [4.69, 9.17) is 0 Å². The quantitative estimate of drug-likeness (QED) is 0.172. The Kier molecular flexibility index (Phi) is 7.18. The molecule has 2 heteroatoms. The maximum absolute atomic E-state index is 2.40. The van der Waals surface area contributed by atoms with Crippen LogP contribution in [0.1, 0.15) is 0 Å². The number of aromatic nitrogens is 1. The molecule has 1 heterocycles. The highest BCUT2D eigenvalue weighted by atomic mass is 15.1. The lowest BCUT2D eigenvalue weighted by molar-refractivity contribution is 1.18. The van der Waals surface area contributed by atoms with Gasteiger partial charge in [0, 0.05) is 33.5 Å². The molecule has 0 aliphatic carbocycles. The highest BCUT2D eigenvalue weighted by Crippen LogP contribution is 2.43. The van der Waals surface area contributed by atoms with Crippen molar-refractivity contribution in [3.05, 3.63) is 206 Å². The number of fused-ring (bicyclic) bond motifs is 6. The van der Waals surface area contributed by atoms with E-state index in [2.05, 4.69) is 216 Å². The average molecular weight is 663 g/mol. The molecule has 10 aromatic rings. The first-order valence-electron chi connectivity index (χ1n) is 17.8. The van der Waals surface area contributed by atoms with Gasteiger partial charge in [-0.1, -0.05) is 140 Å². The maximum atomic E-state index is 2.40. The van der Waals surface area contributed by atoms with E-state index in [1.165, 1.54) is 65.6 Å². The smallest absolute Gasteiger partial charge is 0.0547 e. The minimum atomic E-state index is 1.10. The molecule has 0 fully saturated rings. The largest absolute Gasteiger partial charge is 0.310 e. The van der Waals surface area contributed by atoms with Crippen LogP contribution in [-0.2, 0) is 0 Å². The van der Waals surface area contributed by atoms with Gasteiger partial charge in [0.05, 0.1) is 11.0 Å². The van der Waals surface area contributed by atoms with Crippen molar-refractivity contribution in [2.75, 3.05) is 4.90 Å². The van der Waals surface area contributed by atoms with Crippen LogP contribution in [0, 0.1) is 0 Å². The Morgan fingerprint density at radius 1 is 0.308 bits per heavy atom. The monoisotopic (exact) mass is 662 g/mol. The predicted octanol–water partition coefficient (Wildman–Crippen LogP) is 13.9. The minimum absolute atomic E-state index is 1.10. The number of anilines is 3. The average Bonchev–Trinajstić information content (AvgIpc) is 3.56. The van der Waals surface area contributed by atoms with Crippen molar-refractivity contribution >= 4 is 60.4 Å². The third kappa shape index (κ3) is 5.12. The van der Waals surface area contributed by atoms with Crippen LogP contribution in [0.2, 0.25) is 0 Å². The molecular formula is C50H34N2. The van der Waals surface area contributed by atoms with Gasteiger partial charge in [0.15, 0.2) is 0 Å². The summed E-state index contributed by atoms with van der Waals surface area (Å²) < 4.78 is 2.40. The van der Waals surface area contributed by atoms with Crippen LogP contribution in [-0.4, -0.2) is 4.57 Å². The van der Waals surface area contributed by atoms with E-state index in [9.17, 15) is 0 Å². The molecule has 0 saturated heterocycles. The Morgan fingerprint density at radius 3 is 1.71 bits per heavy atom. The number of para-hydroxylation sites is 1. The van der Waals surface area contributed by atoms with Gasteiger partial charge in [-0.25, -0.2) is 0 Å². The van der Waals surface area contributed by atoms with Crippen molar-refractivity contribution in [1.29, 1.82) is 0 Å². The summed E-state index contributed by atoms with van der Waals surface area (Å²) in [4.78, 5) is 2.40. The topological polar surface area (TPSA) is 8.17 Å².